The Balaban J connectivity index is 1.69. The molecule has 0 saturated carbocycles. The SMILES string of the molecule is CSc1cccc(NC(=O)c2c(N3CC4(COC4)C3)nnc(C(F)(F)F)c2C)c1. The molecule has 3 heterocycles. The number of alkyl halides is 3. The molecule has 0 bridgehead atoms. The quantitative estimate of drug-likeness (QED) is 0.757. The highest BCUT2D eigenvalue weighted by molar-refractivity contribution is 7.98. The zero-order valence-corrected chi connectivity index (χ0v) is 16.7. The second-order valence-corrected chi connectivity index (χ2v) is 8.28. The molecule has 4 rings (SSSR count). The topological polar surface area (TPSA) is 67.4 Å². The molecule has 0 radical (unpaired) electrons. The fraction of sp³-hybridized carbons (Fsp3) is 0.421. The van der Waals surface area contributed by atoms with Crippen LogP contribution in [-0.4, -0.2) is 48.7 Å². The third kappa shape index (κ3) is 3.66. The molecule has 0 atom stereocenters. The average molecular weight is 424 g/mol. The summed E-state index contributed by atoms with van der Waals surface area (Å²) in [6, 6.07) is 7.11. The van der Waals surface area contributed by atoms with E-state index in [9.17, 15) is 18.0 Å². The van der Waals surface area contributed by atoms with Crippen molar-refractivity contribution in [1.29, 1.82) is 0 Å². The summed E-state index contributed by atoms with van der Waals surface area (Å²) in [5.41, 5.74) is -0.959. The number of halogens is 3. The van der Waals surface area contributed by atoms with E-state index in [0.29, 0.717) is 32.0 Å². The average Bonchev–Trinajstić information content (AvgIpc) is 2.58. The third-order valence-electron chi connectivity index (χ3n) is 5.19. The van der Waals surface area contributed by atoms with Crippen LogP contribution in [0.1, 0.15) is 21.6 Å². The maximum absolute atomic E-state index is 13.4. The van der Waals surface area contributed by atoms with Crippen LogP contribution in [0.25, 0.3) is 0 Å². The van der Waals surface area contributed by atoms with Crippen molar-refractivity contribution < 1.29 is 22.7 Å². The van der Waals surface area contributed by atoms with Crippen molar-refractivity contribution in [2.75, 3.05) is 42.8 Å². The van der Waals surface area contributed by atoms with Gasteiger partial charge in [-0.15, -0.1) is 22.0 Å². The van der Waals surface area contributed by atoms with Crippen LogP contribution in [0.3, 0.4) is 0 Å². The second kappa shape index (κ2) is 7.17. The van der Waals surface area contributed by atoms with Crippen LogP contribution in [0.15, 0.2) is 29.2 Å². The number of amides is 1. The number of thioether (sulfide) groups is 1. The van der Waals surface area contributed by atoms with Crippen molar-refractivity contribution in [3.05, 3.63) is 41.1 Å². The minimum atomic E-state index is -4.69. The molecule has 1 spiro atoms. The van der Waals surface area contributed by atoms with Crippen molar-refractivity contribution in [2.45, 2.75) is 18.0 Å². The van der Waals surface area contributed by atoms with Gasteiger partial charge in [-0.05, 0) is 36.9 Å². The molecule has 154 valence electrons. The lowest BCUT2D eigenvalue weighted by Crippen LogP contribution is -2.66. The van der Waals surface area contributed by atoms with Crippen molar-refractivity contribution in [3.8, 4) is 0 Å². The van der Waals surface area contributed by atoms with Gasteiger partial charge in [0.15, 0.2) is 11.5 Å². The van der Waals surface area contributed by atoms with Crippen LogP contribution in [0.4, 0.5) is 24.7 Å². The summed E-state index contributed by atoms with van der Waals surface area (Å²) in [7, 11) is 0. The molecule has 1 aromatic carbocycles. The fourth-order valence-corrected chi connectivity index (χ4v) is 4.11. The molecular weight excluding hydrogens is 405 g/mol. The molecule has 2 aliphatic heterocycles. The van der Waals surface area contributed by atoms with Crippen molar-refractivity contribution >= 4 is 29.2 Å². The zero-order valence-electron chi connectivity index (χ0n) is 15.8. The predicted molar refractivity (Wildman–Crippen MR) is 103 cm³/mol. The van der Waals surface area contributed by atoms with Gasteiger partial charge in [0.1, 0.15) is 0 Å². The minimum Gasteiger partial charge on any atom is -0.380 e. The van der Waals surface area contributed by atoms with Gasteiger partial charge in [-0.3, -0.25) is 4.79 Å². The van der Waals surface area contributed by atoms with Gasteiger partial charge in [0.2, 0.25) is 0 Å². The highest BCUT2D eigenvalue weighted by Crippen LogP contribution is 2.42. The maximum atomic E-state index is 13.4. The van der Waals surface area contributed by atoms with Crippen LogP contribution in [0.5, 0.6) is 0 Å². The summed E-state index contributed by atoms with van der Waals surface area (Å²) < 4.78 is 45.3. The highest BCUT2D eigenvalue weighted by Gasteiger charge is 2.51. The Kier molecular flexibility index (Phi) is 4.94. The Bertz CT molecular complexity index is 955. The van der Waals surface area contributed by atoms with E-state index in [0.717, 1.165) is 4.90 Å². The van der Waals surface area contributed by atoms with Gasteiger partial charge in [-0.25, -0.2) is 0 Å². The molecule has 2 saturated heterocycles. The lowest BCUT2D eigenvalue weighted by Gasteiger charge is -2.55. The van der Waals surface area contributed by atoms with Crippen LogP contribution in [0, 0.1) is 12.3 Å². The Labute approximate surface area is 169 Å². The van der Waals surface area contributed by atoms with E-state index in [1.807, 2.05) is 12.3 Å². The Hall–Kier alpha value is -2.33. The van der Waals surface area contributed by atoms with Crippen LogP contribution in [-0.2, 0) is 10.9 Å². The van der Waals surface area contributed by atoms with E-state index in [4.69, 9.17) is 4.74 Å². The fourth-order valence-electron chi connectivity index (χ4n) is 3.65. The summed E-state index contributed by atoms with van der Waals surface area (Å²) in [4.78, 5) is 15.7. The lowest BCUT2D eigenvalue weighted by atomic mass is 9.78. The number of carbonyl (C=O) groups excluding carboxylic acids is 1. The summed E-state index contributed by atoms with van der Waals surface area (Å²) >= 11 is 1.50. The summed E-state index contributed by atoms with van der Waals surface area (Å²) in [5, 5.41) is 9.89. The monoisotopic (exact) mass is 424 g/mol. The number of hydrogen-bond acceptors (Lipinski definition) is 6. The van der Waals surface area contributed by atoms with E-state index >= 15 is 0 Å². The number of nitrogens with one attached hydrogen (secondary N) is 1. The Morgan fingerprint density at radius 3 is 2.59 bits per heavy atom. The first-order chi connectivity index (χ1) is 13.7. The number of rotatable bonds is 4. The number of nitrogens with zero attached hydrogens (tertiary/aromatic N) is 3. The smallest absolute Gasteiger partial charge is 0.380 e. The largest absolute Gasteiger partial charge is 0.435 e. The van der Waals surface area contributed by atoms with Crippen LogP contribution >= 0.6 is 11.8 Å². The number of anilines is 2. The molecule has 2 fully saturated rings. The molecular formula is C19H19F3N4O2S. The normalized spacial score (nSPS) is 17.6. The van der Waals surface area contributed by atoms with Crippen molar-refractivity contribution in [1.82, 2.24) is 10.2 Å². The lowest BCUT2D eigenvalue weighted by molar-refractivity contribution is -0.142. The highest BCUT2D eigenvalue weighted by atomic mass is 32.2. The van der Waals surface area contributed by atoms with E-state index in [1.54, 1.807) is 23.1 Å². The van der Waals surface area contributed by atoms with Gasteiger partial charge >= 0.3 is 6.18 Å². The zero-order chi connectivity index (χ0) is 20.8. The first kappa shape index (κ1) is 20.0. The van der Waals surface area contributed by atoms with E-state index < -0.39 is 17.8 Å². The summed E-state index contributed by atoms with van der Waals surface area (Å²) in [6.07, 6.45) is -2.79. The molecule has 0 aliphatic carbocycles. The number of carbonyl (C=O) groups is 1. The van der Waals surface area contributed by atoms with Gasteiger partial charge in [-0.2, -0.15) is 13.2 Å². The summed E-state index contributed by atoms with van der Waals surface area (Å²) in [6.45, 7) is 3.64. The molecule has 6 nitrogen and oxygen atoms in total. The molecule has 0 unspecified atom stereocenters. The molecule has 1 N–H and O–H groups in total. The van der Waals surface area contributed by atoms with E-state index in [2.05, 4.69) is 15.5 Å². The van der Waals surface area contributed by atoms with Gasteiger partial charge < -0.3 is 15.0 Å². The van der Waals surface area contributed by atoms with Gasteiger partial charge in [0.05, 0.1) is 24.2 Å². The summed E-state index contributed by atoms with van der Waals surface area (Å²) in [5.74, 6) is -0.464. The Morgan fingerprint density at radius 1 is 1.28 bits per heavy atom. The van der Waals surface area contributed by atoms with E-state index in [-0.39, 0.29) is 22.4 Å². The first-order valence-corrected chi connectivity index (χ1v) is 10.2. The van der Waals surface area contributed by atoms with Crippen LogP contribution in [0.2, 0.25) is 0 Å². The number of aromatic nitrogens is 2. The molecule has 10 heteroatoms. The predicted octanol–water partition coefficient (Wildman–Crippen LogP) is 3.61. The molecule has 1 aromatic heterocycles. The minimum absolute atomic E-state index is 0.0126. The van der Waals surface area contributed by atoms with Gasteiger partial charge in [0, 0.05) is 23.7 Å². The molecule has 2 aromatic rings. The van der Waals surface area contributed by atoms with Crippen LogP contribution < -0.4 is 10.2 Å². The number of ether oxygens (including phenoxy) is 1. The molecule has 1 amide bonds. The van der Waals surface area contributed by atoms with Gasteiger partial charge in [0.25, 0.3) is 5.91 Å². The maximum Gasteiger partial charge on any atom is 0.435 e. The third-order valence-corrected chi connectivity index (χ3v) is 5.92. The Morgan fingerprint density at radius 2 is 2.00 bits per heavy atom. The number of hydrogen-bond donors (Lipinski definition) is 1. The molecule has 2 aliphatic rings. The van der Waals surface area contributed by atoms with E-state index in [1.165, 1.54) is 18.7 Å². The van der Waals surface area contributed by atoms with Gasteiger partial charge in [-0.1, -0.05) is 6.07 Å². The first-order valence-electron chi connectivity index (χ1n) is 8.95. The number of benzene rings is 1. The second-order valence-electron chi connectivity index (χ2n) is 7.40. The molecule has 29 heavy (non-hydrogen) atoms. The standard InChI is InChI=1S/C19H19F3N4O2S/c1-11-14(17(27)23-12-4-3-5-13(6-12)29-2)16(25-24-15(11)19(20,21)22)26-7-18(8-26)9-28-10-18/h3-6H,7-10H2,1-2H3,(H,23,27). The van der Waals surface area contributed by atoms with Crippen molar-refractivity contribution in [3.63, 3.8) is 0 Å². The van der Waals surface area contributed by atoms with Crippen molar-refractivity contribution in [2.24, 2.45) is 5.41 Å².